The molecule has 0 bridgehead atoms. The lowest BCUT2D eigenvalue weighted by molar-refractivity contribution is -0.128. The molecule has 1 aromatic carbocycles. The maximum Gasteiger partial charge on any atom is 0.256 e. The molecule has 0 radical (unpaired) electrons. The predicted molar refractivity (Wildman–Crippen MR) is 151 cm³/mol. The fourth-order valence-electron chi connectivity index (χ4n) is 6.33. The third-order valence-corrected chi connectivity index (χ3v) is 8.92. The number of pyridine rings is 1. The topological polar surface area (TPSA) is 101 Å². The lowest BCUT2D eigenvalue weighted by Crippen LogP contribution is -2.58. The van der Waals surface area contributed by atoms with Crippen LogP contribution in [0.25, 0.3) is 0 Å². The Morgan fingerprint density at radius 1 is 1.03 bits per heavy atom. The maximum atomic E-state index is 13.7. The van der Waals surface area contributed by atoms with Gasteiger partial charge in [-0.15, -0.1) is 0 Å². The van der Waals surface area contributed by atoms with Gasteiger partial charge in [0.1, 0.15) is 11.8 Å². The monoisotopic (exact) mass is 533 g/mol. The van der Waals surface area contributed by atoms with Gasteiger partial charge in [-0.25, -0.2) is 0 Å². The molecule has 39 heavy (non-hydrogen) atoms. The van der Waals surface area contributed by atoms with Gasteiger partial charge in [-0.05, 0) is 99.6 Å². The molecule has 1 aromatic heterocycles. The van der Waals surface area contributed by atoms with Crippen LogP contribution >= 0.6 is 0 Å². The Bertz CT molecular complexity index is 1080. The van der Waals surface area contributed by atoms with Crippen LogP contribution in [-0.2, 0) is 11.3 Å². The van der Waals surface area contributed by atoms with Crippen molar-refractivity contribution in [1.82, 2.24) is 20.1 Å². The number of nitrogens with one attached hydrogen (secondary N) is 1. The Morgan fingerprint density at radius 3 is 2.41 bits per heavy atom. The summed E-state index contributed by atoms with van der Waals surface area (Å²) in [6.07, 6.45) is 11.6. The number of amides is 2. The van der Waals surface area contributed by atoms with Gasteiger partial charge in [0.25, 0.3) is 5.91 Å². The second-order valence-electron chi connectivity index (χ2n) is 11.6. The molecule has 2 aromatic rings. The molecule has 1 aliphatic heterocycles. The summed E-state index contributed by atoms with van der Waals surface area (Å²) >= 11 is 0. The standard InChI is InChI=1S/C31H43N5O3/c1-39-28-12-8-24(9-13-28)21-36(26-10-11-26)27-14-16-35(31(38)25-3-2-15-33-20-25)29(17-27)30(37)34-19-23-6-4-22(18-32)5-7-23/h2-3,8-9,12-13,15,20,22-23,26-27,29H,4-7,10-11,14,16-19,21,32H2,1H3,(H,34,37)/t22?,23?,27?,29-/m1/s1. The lowest BCUT2D eigenvalue weighted by Gasteiger charge is -2.43. The van der Waals surface area contributed by atoms with Crippen molar-refractivity contribution >= 4 is 11.8 Å². The molecule has 5 rings (SSSR count). The number of benzene rings is 1. The third-order valence-electron chi connectivity index (χ3n) is 8.92. The second-order valence-corrected chi connectivity index (χ2v) is 11.6. The molecule has 2 saturated carbocycles. The highest BCUT2D eigenvalue weighted by Gasteiger charge is 2.42. The average molecular weight is 534 g/mol. The van der Waals surface area contributed by atoms with Gasteiger partial charge in [0.05, 0.1) is 12.7 Å². The quantitative estimate of drug-likeness (QED) is 0.484. The van der Waals surface area contributed by atoms with Crippen molar-refractivity contribution in [3.8, 4) is 5.75 Å². The Kier molecular flexibility index (Phi) is 9.14. The van der Waals surface area contributed by atoms with Crippen LogP contribution in [-0.4, -0.2) is 71.5 Å². The van der Waals surface area contributed by atoms with E-state index in [0.717, 1.165) is 50.9 Å². The van der Waals surface area contributed by atoms with E-state index in [1.807, 2.05) is 12.1 Å². The minimum atomic E-state index is -0.492. The third kappa shape index (κ3) is 6.97. The molecule has 3 aliphatic rings. The summed E-state index contributed by atoms with van der Waals surface area (Å²) in [6, 6.07) is 12.1. The van der Waals surface area contributed by atoms with Crippen LogP contribution in [0.4, 0.5) is 0 Å². The number of hydrogen-bond donors (Lipinski definition) is 2. The zero-order chi connectivity index (χ0) is 27.2. The Balaban J connectivity index is 1.29. The SMILES string of the molecule is COc1ccc(CN(C2CC2)C2CCN(C(=O)c3cccnc3)[C@@H](C(=O)NCC3CCC(CN)CC3)C2)cc1. The van der Waals surface area contributed by atoms with Crippen molar-refractivity contribution in [2.24, 2.45) is 17.6 Å². The number of methoxy groups -OCH3 is 1. The summed E-state index contributed by atoms with van der Waals surface area (Å²) in [5.74, 6) is 1.81. The summed E-state index contributed by atoms with van der Waals surface area (Å²) in [7, 11) is 1.68. The highest BCUT2D eigenvalue weighted by Crippen LogP contribution is 2.35. The molecule has 210 valence electrons. The minimum Gasteiger partial charge on any atom is -0.497 e. The van der Waals surface area contributed by atoms with E-state index < -0.39 is 6.04 Å². The van der Waals surface area contributed by atoms with E-state index in [9.17, 15) is 9.59 Å². The summed E-state index contributed by atoms with van der Waals surface area (Å²) in [4.78, 5) is 35.7. The summed E-state index contributed by atoms with van der Waals surface area (Å²) in [5, 5.41) is 3.25. The first-order valence-electron chi connectivity index (χ1n) is 14.6. The number of aromatic nitrogens is 1. The van der Waals surface area contributed by atoms with Crippen molar-refractivity contribution < 1.29 is 14.3 Å². The molecular formula is C31H43N5O3. The van der Waals surface area contributed by atoms with Crippen molar-refractivity contribution in [3.63, 3.8) is 0 Å². The molecule has 2 atom stereocenters. The van der Waals surface area contributed by atoms with E-state index in [2.05, 4.69) is 27.3 Å². The van der Waals surface area contributed by atoms with Crippen LogP contribution in [0.15, 0.2) is 48.8 Å². The molecule has 8 nitrogen and oxygen atoms in total. The van der Waals surface area contributed by atoms with E-state index in [4.69, 9.17) is 10.5 Å². The van der Waals surface area contributed by atoms with E-state index in [1.54, 1.807) is 36.5 Å². The first kappa shape index (κ1) is 27.6. The molecule has 1 saturated heterocycles. The normalized spacial score (nSPS) is 25.4. The highest BCUT2D eigenvalue weighted by molar-refractivity contribution is 5.97. The number of carbonyl (C=O) groups is 2. The largest absolute Gasteiger partial charge is 0.497 e. The zero-order valence-electron chi connectivity index (χ0n) is 23.1. The zero-order valence-corrected chi connectivity index (χ0v) is 23.1. The number of carbonyl (C=O) groups excluding carboxylic acids is 2. The number of nitrogens with zero attached hydrogens (tertiary/aromatic N) is 3. The van der Waals surface area contributed by atoms with Crippen molar-refractivity contribution in [1.29, 1.82) is 0 Å². The van der Waals surface area contributed by atoms with Gasteiger partial charge in [-0.3, -0.25) is 19.5 Å². The van der Waals surface area contributed by atoms with Gasteiger partial charge in [-0.1, -0.05) is 12.1 Å². The first-order chi connectivity index (χ1) is 19.1. The fourth-order valence-corrected chi connectivity index (χ4v) is 6.33. The highest BCUT2D eigenvalue weighted by atomic mass is 16.5. The molecule has 0 spiro atoms. The summed E-state index contributed by atoms with van der Waals surface area (Å²) in [5.41, 5.74) is 7.64. The Labute approximate surface area is 232 Å². The van der Waals surface area contributed by atoms with Crippen LogP contribution < -0.4 is 15.8 Å². The fraction of sp³-hybridized carbons (Fsp3) is 0.581. The van der Waals surface area contributed by atoms with Crippen molar-refractivity contribution in [2.75, 3.05) is 26.7 Å². The molecule has 2 aliphatic carbocycles. The van der Waals surface area contributed by atoms with Gasteiger partial charge in [-0.2, -0.15) is 0 Å². The number of likely N-dealkylation sites (tertiary alicyclic amines) is 1. The van der Waals surface area contributed by atoms with Gasteiger partial charge < -0.3 is 20.7 Å². The number of piperidine rings is 1. The van der Waals surface area contributed by atoms with Gasteiger partial charge >= 0.3 is 0 Å². The molecular weight excluding hydrogens is 490 g/mol. The number of nitrogens with two attached hydrogens (primary N) is 1. The molecule has 2 heterocycles. The van der Waals surface area contributed by atoms with E-state index in [-0.39, 0.29) is 17.9 Å². The second kappa shape index (κ2) is 12.9. The number of hydrogen-bond acceptors (Lipinski definition) is 6. The Hall–Kier alpha value is -2.97. The molecule has 3 fully saturated rings. The lowest BCUT2D eigenvalue weighted by atomic mass is 9.82. The van der Waals surface area contributed by atoms with Crippen molar-refractivity contribution in [2.45, 2.75) is 76.0 Å². The smallest absolute Gasteiger partial charge is 0.256 e. The molecule has 8 heteroatoms. The Morgan fingerprint density at radius 2 is 1.77 bits per heavy atom. The van der Waals surface area contributed by atoms with Gasteiger partial charge in [0.15, 0.2) is 0 Å². The number of ether oxygens (including phenoxy) is 1. The maximum absolute atomic E-state index is 13.7. The van der Waals surface area contributed by atoms with E-state index in [1.165, 1.54) is 18.4 Å². The average Bonchev–Trinajstić information content (AvgIpc) is 3.84. The summed E-state index contributed by atoms with van der Waals surface area (Å²) in [6.45, 7) is 2.82. The predicted octanol–water partition coefficient (Wildman–Crippen LogP) is 3.61. The van der Waals surface area contributed by atoms with E-state index >= 15 is 0 Å². The van der Waals surface area contributed by atoms with Crippen LogP contribution in [0.5, 0.6) is 5.75 Å². The van der Waals surface area contributed by atoms with Crippen LogP contribution in [0.2, 0.25) is 0 Å². The number of rotatable bonds is 10. The van der Waals surface area contributed by atoms with Crippen molar-refractivity contribution in [3.05, 3.63) is 59.9 Å². The van der Waals surface area contributed by atoms with Crippen LogP contribution in [0.3, 0.4) is 0 Å². The molecule has 1 unspecified atom stereocenters. The van der Waals surface area contributed by atoms with Gasteiger partial charge in [0.2, 0.25) is 5.91 Å². The van der Waals surface area contributed by atoms with Crippen LogP contribution in [0.1, 0.15) is 67.3 Å². The molecule has 2 amide bonds. The molecule has 3 N–H and O–H groups in total. The minimum absolute atomic E-state index is 0.0296. The van der Waals surface area contributed by atoms with Crippen LogP contribution in [0, 0.1) is 11.8 Å². The first-order valence-corrected chi connectivity index (χ1v) is 14.6. The summed E-state index contributed by atoms with van der Waals surface area (Å²) < 4.78 is 5.33. The van der Waals surface area contributed by atoms with E-state index in [0.29, 0.717) is 43.0 Å². The van der Waals surface area contributed by atoms with Gasteiger partial charge in [0, 0.05) is 44.1 Å².